The van der Waals surface area contributed by atoms with E-state index < -0.39 is 0 Å². The number of benzene rings is 1. The van der Waals surface area contributed by atoms with Crippen LogP contribution in [0.1, 0.15) is 18.9 Å². The van der Waals surface area contributed by atoms with Crippen LogP contribution in [0.3, 0.4) is 0 Å². The Morgan fingerprint density at radius 3 is 3.15 bits per heavy atom. The third-order valence-electron chi connectivity index (χ3n) is 3.75. The Labute approximate surface area is 122 Å². The quantitative estimate of drug-likeness (QED) is 0.826. The van der Waals surface area contributed by atoms with Crippen LogP contribution in [-0.2, 0) is 11.3 Å². The van der Waals surface area contributed by atoms with Gasteiger partial charge in [-0.15, -0.1) is 0 Å². The van der Waals surface area contributed by atoms with Gasteiger partial charge in [0, 0.05) is 25.7 Å². The third kappa shape index (κ3) is 4.47. The number of rotatable bonds is 7. The van der Waals surface area contributed by atoms with Crippen molar-refractivity contribution in [1.82, 2.24) is 10.2 Å². The molecule has 1 fully saturated rings. The summed E-state index contributed by atoms with van der Waals surface area (Å²) in [4.78, 5) is 2.47. The molecule has 20 heavy (non-hydrogen) atoms. The maximum absolute atomic E-state index is 5.88. The first-order chi connectivity index (χ1) is 9.83. The number of hydrogen-bond acceptors (Lipinski definition) is 4. The molecule has 0 aliphatic carbocycles. The predicted molar refractivity (Wildman–Crippen MR) is 81.2 cm³/mol. The van der Waals surface area contributed by atoms with Crippen LogP contribution >= 0.6 is 0 Å². The van der Waals surface area contributed by atoms with Crippen molar-refractivity contribution in [1.29, 1.82) is 0 Å². The van der Waals surface area contributed by atoms with Gasteiger partial charge in [-0.25, -0.2) is 0 Å². The maximum Gasteiger partial charge on any atom is 0.119 e. The molecule has 0 saturated carbocycles. The van der Waals surface area contributed by atoms with Crippen molar-refractivity contribution >= 4 is 0 Å². The smallest absolute Gasteiger partial charge is 0.119 e. The molecular formula is C16H26N2O2. The van der Waals surface area contributed by atoms with Gasteiger partial charge in [-0.05, 0) is 31.2 Å². The molecule has 0 spiro atoms. The number of nitrogens with one attached hydrogen (secondary N) is 1. The van der Waals surface area contributed by atoms with Crippen molar-refractivity contribution in [3.63, 3.8) is 0 Å². The summed E-state index contributed by atoms with van der Waals surface area (Å²) in [6.45, 7) is 7.51. The zero-order chi connectivity index (χ0) is 14.2. The van der Waals surface area contributed by atoms with Gasteiger partial charge in [-0.1, -0.05) is 19.1 Å². The molecule has 1 saturated heterocycles. The Kier molecular flexibility index (Phi) is 6.30. The molecule has 0 amide bonds. The van der Waals surface area contributed by atoms with Crippen molar-refractivity contribution in [2.45, 2.75) is 25.9 Å². The summed E-state index contributed by atoms with van der Waals surface area (Å²) in [5, 5.41) is 3.15. The largest absolute Gasteiger partial charge is 0.492 e. The fourth-order valence-corrected chi connectivity index (χ4v) is 2.59. The molecule has 0 bridgehead atoms. The van der Waals surface area contributed by atoms with Gasteiger partial charge in [-0.2, -0.15) is 0 Å². The molecule has 1 heterocycles. The molecule has 4 nitrogen and oxygen atoms in total. The Hall–Kier alpha value is -1.10. The number of ether oxygens (including phenoxy) is 2. The summed E-state index contributed by atoms with van der Waals surface area (Å²) in [5.41, 5.74) is 1.25. The molecule has 1 unspecified atom stereocenters. The third-order valence-corrected chi connectivity index (χ3v) is 3.75. The lowest BCUT2D eigenvalue weighted by molar-refractivity contribution is -0.0132. The molecule has 1 N–H and O–H groups in total. The minimum absolute atomic E-state index is 0.544. The van der Waals surface area contributed by atoms with Gasteiger partial charge in [0.05, 0.1) is 13.2 Å². The fraction of sp³-hybridized carbons (Fsp3) is 0.625. The van der Waals surface area contributed by atoms with E-state index in [0.717, 1.165) is 51.6 Å². The van der Waals surface area contributed by atoms with Crippen LogP contribution in [0.2, 0.25) is 0 Å². The second-order valence-corrected chi connectivity index (χ2v) is 5.20. The molecule has 1 aromatic rings. The normalized spacial score (nSPS) is 20.0. The number of morpholine rings is 1. The van der Waals surface area contributed by atoms with Crippen molar-refractivity contribution in [2.24, 2.45) is 0 Å². The molecule has 1 aromatic carbocycles. The number of nitrogens with zero attached hydrogens (tertiary/aromatic N) is 1. The topological polar surface area (TPSA) is 33.7 Å². The summed E-state index contributed by atoms with van der Waals surface area (Å²) < 4.78 is 11.4. The highest BCUT2D eigenvalue weighted by Gasteiger charge is 2.20. The highest BCUT2D eigenvalue weighted by Crippen LogP contribution is 2.14. The first-order valence-corrected chi connectivity index (χ1v) is 7.51. The lowest BCUT2D eigenvalue weighted by Crippen LogP contribution is -2.46. The zero-order valence-corrected chi connectivity index (χ0v) is 12.6. The van der Waals surface area contributed by atoms with Gasteiger partial charge in [0.1, 0.15) is 12.4 Å². The zero-order valence-electron chi connectivity index (χ0n) is 12.6. The lowest BCUT2D eigenvalue weighted by Gasteiger charge is -2.34. The van der Waals surface area contributed by atoms with E-state index in [2.05, 4.69) is 29.3 Å². The van der Waals surface area contributed by atoms with Crippen LogP contribution < -0.4 is 10.1 Å². The fourth-order valence-electron chi connectivity index (χ4n) is 2.59. The molecule has 4 heteroatoms. The van der Waals surface area contributed by atoms with Gasteiger partial charge in [0.25, 0.3) is 0 Å². The van der Waals surface area contributed by atoms with Gasteiger partial charge in [0.15, 0.2) is 0 Å². The Morgan fingerprint density at radius 1 is 1.45 bits per heavy atom. The van der Waals surface area contributed by atoms with E-state index in [-0.39, 0.29) is 0 Å². The first kappa shape index (κ1) is 15.3. The van der Waals surface area contributed by atoms with Crippen LogP contribution in [0.4, 0.5) is 0 Å². The van der Waals surface area contributed by atoms with Crippen LogP contribution in [0.25, 0.3) is 0 Å². The van der Waals surface area contributed by atoms with Crippen LogP contribution in [0.5, 0.6) is 5.75 Å². The Morgan fingerprint density at radius 2 is 2.35 bits per heavy atom. The van der Waals surface area contributed by atoms with Gasteiger partial charge in [-0.3, -0.25) is 4.90 Å². The summed E-state index contributed by atoms with van der Waals surface area (Å²) in [5.74, 6) is 0.957. The minimum Gasteiger partial charge on any atom is -0.492 e. The summed E-state index contributed by atoms with van der Waals surface area (Å²) >= 11 is 0. The number of hydrogen-bond donors (Lipinski definition) is 1. The molecule has 1 atom stereocenters. The van der Waals surface area contributed by atoms with E-state index in [1.165, 1.54) is 5.56 Å². The van der Waals surface area contributed by atoms with Crippen LogP contribution in [0.15, 0.2) is 24.3 Å². The van der Waals surface area contributed by atoms with E-state index in [1.807, 2.05) is 19.2 Å². The highest BCUT2D eigenvalue weighted by atomic mass is 16.5. The molecule has 112 valence electrons. The predicted octanol–water partition coefficient (Wildman–Crippen LogP) is 1.90. The highest BCUT2D eigenvalue weighted by molar-refractivity contribution is 5.28. The van der Waals surface area contributed by atoms with Gasteiger partial charge >= 0.3 is 0 Å². The summed E-state index contributed by atoms with van der Waals surface area (Å²) in [6, 6.07) is 8.83. The second-order valence-electron chi connectivity index (χ2n) is 5.20. The molecule has 2 rings (SSSR count). The van der Waals surface area contributed by atoms with Crippen molar-refractivity contribution in [2.75, 3.05) is 40.0 Å². The summed E-state index contributed by atoms with van der Waals surface area (Å²) in [7, 11) is 1.96. The lowest BCUT2D eigenvalue weighted by atomic mass is 10.2. The molecule has 1 aliphatic heterocycles. The molecule has 0 radical (unpaired) electrons. The van der Waals surface area contributed by atoms with Crippen LogP contribution in [0, 0.1) is 0 Å². The van der Waals surface area contributed by atoms with E-state index in [1.54, 1.807) is 0 Å². The monoisotopic (exact) mass is 278 g/mol. The Bertz CT molecular complexity index is 398. The van der Waals surface area contributed by atoms with E-state index >= 15 is 0 Å². The minimum atomic E-state index is 0.544. The first-order valence-electron chi connectivity index (χ1n) is 7.51. The summed E-state index contributed by atoms with van der Waals surface area (Å²) in [6.07, 6.45) is 1.14. The SMILES string of the molecule is CCC1COCCN1CCOc1cccc(CNC)c1. The maximum atomic E-state index is 5.88. The van der Waals surface area contributed by atoms with Gasteiger partial charge < -0.3 is 14.8 Å². The molecule has 0 aromatic heterocycles. The second kappa shape index (κ2) is 8.25. The van der Waals surface area contributed by atoms with Crippen LogP contribution in [-0.4, -0.2) is 50.9 Å². The van der Waals surface area contributed by atoms with E-state index in [0.29, 0.717) is 6.04 Å². The average molecular weight is 278 g/mol. The molecule has 1 aliphatic rings. The van der Waals surface area contributed by atoms with E-state index in [4.69, 9.17) is 9.47 Å². The van der Waals surface area contributed by atoms with Crippen molar-refractivity contribution in [3.8, 4) is 5.75 Å². The van der Waals surface area contributed by atoms with Crippen molar-refractivity contribution in [3.05, 3.63) is 29.8 Å². The average Bonchev–Trinajstić information content (AvgIpc) is 2.48. The van der Waals surface area contributed by atoms with E-state index in [9.17, 15) is 0 Å². The standard InChI is InChI=1S/C16H26N2O2/c1-3-15-13-19-9-7-18(15)8-10-20-16-6-4-5-14(11-16)12-17-2/h4-6,11,15,17H,3,7-10,12-13H2,1-2H3. The Balaban J connectivity index is 1.78. The molecular weight excluding hydrogens is 252 g/mol. The van der Waals surface area contributed by atoms with Crippen molar-refractivity contribution < 1.29 is 9.47 Å². The van der Waals surface area contributed by atoms with Gasteiger partial charge in [0.2, 0.25) is 0 Å².